The zero-order chi connectivity index (χ0) is 11.8. The molecule has 0 spiro atoms. The van der Waals surface area contributed by atoms with Crippen LogP contribution in [-0.4, -0.2) is 26.3 Å². The van der Waals surface area contributed by atoms with Gasteiger partial charge in [0.1, 0.15) is 5.71 Å². The van der Waals surface area contributed by atoms with E-state index in [-0.39, 0.29) is 0 Å². The number of aliphatic imine (C=N–C) groups is 1. The van der Waals surface area contributed by atoms with Gasteiger partial charge in [-0.1, -0.05) is 18.2 Å². The molecule has 0 radical (unpaired) electrons. The second-order valence-corrected chi connectivity index (χ2v) is 3.86. The fraction of sp³-hybridized carbons (Fsp3) is 0.167. The molecule has 17 heavy (non-hydrogen) atoms. The summed E-state index contributed by atoms with van der Waals surface area (Å²) in [5, 5.41) is 12.4. The van der Waals surface area contributed by atoms with Crippen molar-refractivity contribution >= 4 is 17.1 Å². The second-order valence-electron chi connectivity index (χ2n) is 3.86. The van der Waals surface area contributed by atoms with E-state index in [2.05, 4.69) is 20.3 Å². The molecule has 5 nitrogen and oxygen atoms in total. The molecule has 1 aromatic heterocycles. The van der Waals surface area contributed by atoms with Gasteiger partial charge in [-0.05, 0) is 26.0 Å². The first-order valence-electron chi connectivity index (χ1n) is 5.38. The van der Waals surface area contributed by atoms with Crippen molar-refractivity contribution in [1.29, 1.82) is 0 Å². The molecule has 5 heteroatoms. The highest BCUT2D eigenvalue weighted by molar-refractivity contribution is 6.48. The molecule has 0 atom stereocenters. The van der Waals surface area contributed by atoms with Crippen LogP contribution in [0.25, 0.3) is 0 Å². The monoisotopic (exact) mass is 225 g/mol. The number of hydrogen-bond donors (Lipinski definition) is 0. The van der Waals surface area contributed by atoms with Crippen molar-refractivity contribution in [2.75, 3.05) is 0 Å². The van der Waals surface area contributed by atoms with Crippen molar-refractivity contribution in [1.82, 2.24) is 14.9 Å². The average molecular weight is 225 g/mol. The quantitative estimate of drug-likeness (QED) is 0.744. The first-order chi connectivity index (χ1) is 8.25. The Morgan fingerprint density at radius 1 is 1.06 bits per heavy atom. The lowest BCUT2D eigenvalue weighted by molar-refractivity contribution is 0.834. The fourth-order valence-electron chi connectivity index (χ4n) is 1.75. The van der Waals surface area contributed by atoms with Crippen LogP contribution in [0, 0.1) is 6.92 Å². The number of aryl methyl sites for hydroxylation is 1. The van der Waals surface area contributed by atoms with Gasteiger partial charge in [0.25, 0.3) is 0 Å². The smallest absolute Gasteiger partial charge is 0.205 e. The molecule has 0 fully saturated rings. The Morgan fingerprint density at radius 3 is 2.59 bits per heavy atom. The molecule has 0 amide bonds. The average Bonchev–Trinajstić information content (AvgIpc) is 2.83. The van der Waals surface area contributed by atoms with E-state index in [1.54, 1.807) is 4.68 Å². The van der Waals surface area contributed by atoms with E-state index in [1.165, 1.54) is 0 Å². The summed E-state index contributed by atoms with van der Waals surface area (Å²) >= 11 is 0. The molecule has 0 unspecified atom stereocenters. The Morgan fingerprint density at radius 2 is 1.82 bits per heavy atom. The van der Waals surface area contributed by atoms with E-state index in [4.69, 9.17) is 0 Å². The van der Waals surface area contributed by atoms with Crippen LogP contribution in [-0.2, 0) is 0 Å². The molecule has 0 saturated carbocycles. The molecule has 2 aromatic rings. The van der Waals surface area contributed by atoms with E-state index >= 15 is 0 Å². The van der Waals surface area contributed by atoms with Crippen molar-refractivity contribution in [2.24, 2.45) is 10.1 Å². The van der Waals surface area contributed by atoms with Gasteiger partial charge in [0, 0.05) is 0 Å². The maximum Gasteiger partial charge on any atom is 0.205 e. The van der Waals surface area contributed by atoms with E-state index in [0.717, 1.165) is 22.9 Å². The summed E-state index contributed by atoms with van der Waals surface area (Å²) in [5.41, 5.74) is 2.55. The normalized spacial score (nSPS) is 16.1. The van der Waals surface area contributed by atoms with Crippen LogP contribution in [0.3, 0.4) is 0 Å². The van der Waals surface area contributed by atoms with Crippen LogP contribution in [0.4, 0.5) is 5.69 Å². The number of aromatic nitrogens is 3. The van der Waals surface area contributed by atoms with Crippen LogP contribution in [0.2, 0.25) is 0 Å². The topological polar surface area (TPSA) is 55.4 Å². The first kappa shape index (κ1) is 9.89. The third-order valence-electron chi connectivity index (χ3n) is 2.60. The van der Waals surface area contributed by atoms with Gasteiger partial charge in [-0.3, -0.25) is 0 Å². The Balaban J connectivity index is 2.11. The zero-order valence-corrected chi connectivity index (χ0v) is 9.62. The Bertz CT molecular complexity index is 622. The summed E-state index contributed by atoms with van der Waals surface area (Å²) in [7, 11) is 0. The van der Waals surface area contributed by atoms with Crippen LogP contribution >= 0.6 is 0 Å². The number of rotatable bonds is 1. The number of hydrogen-bond acceptors (Lipinski definition) is 4. The zero-order valence-electron chi connectivity index (χ0n) is 9.62. The third kappa shape index (κ3) is 1.56. The molecule has 1 aliphatic rings. The molecule has 0 aliphatic carbocycles. The summed E-state index contributed by atoms with van der Waals surface area (Å²) in [5.74, 6) is 1.49. The van der Waals surface area contributed by atoms with Crippen LogP contribution in [0.1, 0.15) is 18.6 Å². The fourth-order valence-corrected chi connectivity index (χ4v) is 1.75. The SMILES string of the molecule is CC1=Nn2c(C)nnc2C1=Nc1ccccc1. The highest BCUT2D eigenvalue weighted by Gasteiger charge is 2.23. The largest absolute Gasteiger partial charge is 0.243 e. The van der Waals surface area contributed by atoms with E-state index in [1.807, 2.05) is 44.2 Å². The van der Waals surface area contributed by atoms with Gasteiger partial charge in [0.05, 0.1) is 11.4 Å². The van der Waals surface area contributed by atoms with Crippen molar-refractivity contribution in [2.45, 2.75) is 13.8 Å². The molecular weight excluding hydrogens is 214 g/mol. The van der Waals surface area contributed by atoms with Gasteiger partial charge in [0.2, 0.25) is 5.82 Å². The maximum atomic E-state index is 4.56. The molecule has 1 aromatic carbocycles. The van der Waals surface area contributed by atoms with Gasteiger partial charge in [-0.2, -0.15) is 9.78 Å². The minimum atomic E-state index is 0.712. The van der Waals surface area contributed by atoms with Crippen LogP contribution < -0.4 is 0 Å². The van der Waals surface area contributed by atoms with E-state index in [0.29, 0.717) is 5.82 Å². The summed E-state index contributed by atoms with van der Waals surface area (Å²) in [4.78, 5) is 4.56. The van der Waals surface area contributed by atoms with Crippen molar-refractivity contribution in [3.8, 4) is 0 Å². The highest BCUT2D eigenvalue weighted by atomic mass is 15.5. The second kappa shape index (κ2) is 3.62. The first-order valence-corrected chi connectivity index (χ1v) is 5.38. The predicted octanol–water partition coefficient (Wildman–Crippen LogP) is 1.94. The molecule has 0 bridgehead atoms. The summed E-state index contributed by atoms with van der Waals surface area (Å²) in [6, 6.07) is 9.78. The number of nitrogens with zero attached hydrogens (tertiary/aromatic N) is 5. The van der Waals surface area contributed by atoms with Gasteiger partial charge in [-0.15, -0.1) is 10.2 Å². The van der Waals surface area contributed by atoms with Gasteiger partial charge < -0.3 is 0 Å². The van der Waals surface area contributed by atoms with Gasteiger partial charge in [-0.25, -0.2) is 4.99 Å². The predicted molar refractivity (Wildman–Crippen MR) is 65.9 cm³/mol. The summed E-state index contributed by atoms with van der Waals surface area (Å²) < 4.78 is 1.72. The van der Waals surface area contributed by atoms with Crippen LogP contribution in [0.5, 0.6) is 0 Å². The minimum absolute atomic E-state index is 0.712. The van der Waals surface area contributed by atoms with Crippen molar-refractivity contribution in [3.05, 3.63) is 42.0 Å². The summed E-state index contributed by atoms with van der Waals surface area (Å²) in [6.45, 7) is 3.80. The number of fused-ring (bicyclic) bond motifs is 1. The molecule has 0 N–H and O–H groups in total. The number of para-hydroxylation sites is 1. The van der Waals surface area contributed by atoms with Crippen molar-refractivity contribution < 1.29 is 0 Å². The van der Waals surface area contributed by atoms with Crippen LogP contribution in [0.15, 0.2) is 40.4 Å². The molecule has 84 valence electrons. The molecule has 1 aliphatic heterocycles. The molecular formula is C12H11N5. The van der Waals surface area contributed by atoms with E-state index < -0.39 is 0 Å². The lowest BCUT2D eigenvalue weighted by atomic mass is 10.2. The lowest BCUT2D eigenvalue weighted by Crippen LogP contribution is -2.08. The number of benzene rings is 1. The van der Waals surface area contributed by atoms with E-state index in [9.17, 15) is 0 Å². The third-order valence-corrected chi connectivity index (χ3v) is 2.60. The Hall–Kier alpha value is -2.30. The standard InChI is InChI=1S/C12H11N5/c1-8-11(13-10-6-4-3-5-7-10)12-15-14-9(2)17(12)16-8/h3-7H,1-2H3. The molecule has 3 rings (SSSR count). The molecule has 0 saturated heterocycles. The van der Waals surface area contributed by atoms with Gasteiger partial charge >= 0.3 is 0 Å². The lowest BCUT2D eigenvalue weighted by Gasteiger charge is -1.96. The Kier molecular flexibility index (Phi) is 2.11. The Labute approximate surface area is 98.5 Å². The van der Waals surface area contributed by atoms with Gasteiger partial charge in [0.15, 0.2) is 5.82 Å². The summed E-state index contributed by atoms with van der Waals surface area (Å²) in [6.07, 6.45) is 0. The highest BCUT2D eigenvalue weighted by Crippen LogP contribution is 2.17. The molecule has 2 heterocycles. The maximum absolute atomic E-state index is 4.56. The minimum Gasteiger partial charge on any atom is -0.243 e. The van der Waals surface area contributed by atoms with Crippen molar-refractivity contribution in [3.63, 3.8) is 0 Å².